The first-order valence-corrected chi connectivity index (χ1v) is 22.8. The number of ether oxygens (including phenoxy) is 3. The van der Waals surface area contributed by atoms with Gasteiger partial charge in [0, 0.05) is 40.3 Å². The fourth-order valence-electron chi connectivity index (χ4n) is 8.17. The van der Waals surface area contributed by atoms with Crippen LogP contribution in [0.15, 0.2) is 124 Å². The molecule has 0 bridgehead atoms. The zero-order valence-electron chi connectivity index (χ0n) is 35.0. The second-order valence-corrected chi connectivity index (χ2v) is 17.3. The first-order chi connectivity index (χ1) is 31.1. The van der Waals surface area contributed by atoms with Crippen molar-refractivity contribution in [2.75, 3.05) is 25.1 Å². The zero-order valence-corrected chi connectivity index (χ0v) is 36.7. The quantitative estimate of drug-likeness (QED) is 0.0276. The third-order valence-corrected chi connectivity index (χ3v) is 13.3. The molecule has 3 unspecified atom stereocenters. The molecule has 4 aromatic rings. The lowest BCUT2D eigenvalue weighted by Crippen LogP contribution is -2.71. The average Bonchev–Trinajstić information content (AvgIpc) is 3.91. The van der Waals surface area contributed by atoms with Gasteiger partial charge >= 0.3 is 12.1 Å². The Kier molecular flexibility index (Phi) is 13.4. The van der Waals surface area contributed by atoms with Crippen LogP contribution in [0, 0.1) is 0 Å². The van der Waals surface area contributed by atoms with Crippen LogP contribution in [0.4, 0.5) is 9.93 Å². The zero-order chi connectivity index (χ0) is 44.8. The lowest BCUT2D eigenvalue weighted by atomic mass is 9.80. The van der Waals surface area contributed by atoms with Crippen molar-refractivity contribution < 1.29 is 47.9 Å². The molecule has 3 N–H and O–H groups in total. The van der Waals surface area contributed by atoms with Crippen LogP contribution in [0.25, 0.3) is 0 Å². The number of thiazole rings is 1. The SMILES string of the molecule is CON1CCC(=CC2=C(C(=O)OC(C)OC(=O)OC3CCCCC3)N3C(=O)C(NC(=O)C(=NOC(c4ccccc4)(c4ccccc4)c4ccccc4)c4csc(N)n4)C3SC2)C1=O. The van der Waals surface area contributed by atoms with Gasteiger partial charge in [0.05, 0.1) is 13.7 Å². The van der Waals surface area contributed by atoms with Crippen molar-refractivity contribution in [3.8, 4) is 0 Å². The third-order valence-electron chi connectivity index (χ3n) is 11.3. The molecule has 0 radical (unpaired) electrons. The lowest BCUT2D eigenvalue weighted by molar-refractivity contribution is -0.170. The fourth-order valence-corrected chi connectivity index (χ4v) is 10.0. The van der Waals surface area contributed by atoms with E-state index in [-0.39, 0.29) is 40.0 Å². The first kappa shape index (κ1) is 44.1. The van der Waals surface area contributed by atoms with E-state index < -0.39 is 47.2 Å². The van der Waals surface area contributed by atoms with Gasteiger partial charge in [-0.2, -0.15) is 0 Å². The number of nitrogens with one attached hydrogen (secondary N) is 1. The molecule has 18 heteroatoms. The van der Waals surface area contributed by atoms with Crippen LogP contribution in [0.3, 0.4) is 0 Å². The molecule has 332 valence electrons. The summed E-state index contributed by atoms with van der Waals surface area (Å²) in [5.41, 5.74) is 7.29. The highest BCUT2D eigenvalue weighted by Crippen LogP contribution is 2.43. The summed E-state index contributed by atoms with van der Waals surface area (Å²) in [5, 5.41) is 9.51. The Balaban J connectivity index is 1.08. The molecule has 4 aliphatic rings. The van der Waals surface area contributed by atoms with Crippen molar-refractivity contribution >= 4 is 63.8 Å². The van der Waals surface area contributed by atoms with Gasteiger partial charge in [-0.15, -0.1) is 23.1 Å². The minimum atomic E-state index is -1.39. The van der Waals surface area contributed by atoms with Crippen molar-refractivity contribution in [1.29, 1.82) is 0 Å². The van der Waals surface area contributed by atoms with E-state index in [1.807, 2.05) is 91.0 Å². The molecule has 3 amide bonds. The number of fused-ring (bicyclic) bond motifs is 1. The Morgan fingerprint density at radius 3 is 2.11 bits per heavy atom. The summed E-state index contributed by atoms with van der Waals surface area (Å²) in [6.07, 6.45) is 3.60. The summed E-state index contributed by atoms with van der Waals surface area (Å²) >= 11 is 2.37. The second-order valence-electron chi connectivity index (χ2n) is 15.3. The van der Waals surface area contributed by atoms with E-state index in [1.165, 1.54) is 35.8 Å². The van der Waals surface area contributed by atoms with Crippen molar-refractivity contribution in [2.45, 2.75) is 74.9 Å². The van der Waals surface area contributed by atoms with Gasteiger partial charge in [0.1, 0.15) is 28.9 Å². The van der Waals surface area contributed by atoms with Crippen LogP contribution in [-0.2, 0) is 48.7 Å². The molecule has 8 rings (SSSR count). The second kappa shape index (κ2) is 19.5. The number of aromatic nitrogens is 1. The number of β-lactam (4-membered cyclic amide) rings is 1. The van der Waals surface area contributed by atoms with Crippen molar-refractivity contribution in [3.05, 3.63) is 142 Å². The largest absolute Gasteiger partial charge is 0.511 e. The molecule has 16 nitrogen and oxygen atoms in total. The third kappa shape index (κ3) is 9.11. The van der Waals surface area contributed by atoms with Crippen molar-refractivity contribution in [2.24, 2.45) is 5.16 Å². The summed E-state index contributed by atoms with van der Waals surface area (Å²) < 4.78 is 16.3. The number of nitrogens with two attached hydrogens (primary N) is 1. The number of oxime groups is 1. The molecule has 1 aliphatic carbocycles. The van der Waals surface area contributed by atoms with Crippen LogP contribution >= 0.6 is 23.1 Å². The summed E-state index contributed by atoms with van der Waals surface area (Å²) in [5.74, 6) is -2.64. The minimum absolute atomic E-state index is 0.114. The first-order valence-electron chi connectivity index (χ1n) is 20.8. The number of carbonyl (C=O) groups is 5. The summed E-state index contributed by atoms with van der Waals surface area (Å²) in [6, 6.07) is 27.3. The van der Waals surface area contributed by atoms with E-state index in [0.717, 1.165) is 60.1 Å². The predicted octanol–water partition coefficient (Wildman–Crippen LogP) is 6.19. The summed E-state index contributed by atoms with van der Waals surface area (Å²) in [6.45, 7) is 1.66. The maximum absolute atomic E-state index is 14.5. The number of thioether (sulfide) groups is 1. The Bertz CT molecular complexity index is 2380. The molecular formula is C46H46N6O10S2. The minimum Gasteiger partial charge on any atom is -0.431 e. The number of nitrogens with zero attached hydrogens (tertiary/aromatic N) is 4. The van der Waals surface area contributed by atoms with Crippen molar-refractivity contribution in [3.63, 3.8) is 0 Å². The molecular weight excluding hydrogens is 861 g/mol. The Morgan fingerprint density at radius 1 is 0.922 bits per heavy atom. The number of carbonyl (C=O) groups excluding carboxylic acids is 5. The smallest absolute Gasteiger partial charge is 0.431 e. The van der Waals surface area contributed by atoms with Gasteiger partial charge in [-0.3, -0.25) is 24.1 Å². The van der Waals surface area contributed by atoms with Crippen LogP contribution in [0.2, 0.25) is 0 Å². The Labute approximate surface area is 377 Å². The van der Waals surface area contributed by atoms with Crippen LogP contribution in [0.1, 0.15) is 67.8 Å². The van der Waals surface area contributed by atoms with Gasteiger partial charge in [0.2, 0.25) is 11.9 Å². The maximum Gasteiger partial charge on any atom is 0.511 e. The number of hydroxylamine groups is 2. The highest BCUT2D eigenvalue weighted by Gasteiger charge is 2.55. The molecule has 3 aromatic carbocycles. The number of hydrogen-bond donors (Lipinski definition) is 2. The van der Waals surface area contributed by atoms with Gasteiger partial charge < -0.3 is 30.1 Å². The molecule has 64 heavy (non-hydrogen) atoms. The van der Waals surface area contributed by atoms with Gasteiger partial charge in [-0.1, -0.05) is 103 Å². The summed E-state index contributed by atoms with van der Waals surface area (Å²) in [7, 11) is 1.38. The number of benzene rings is 3. The van der Waals surface area contributed by atoms with E-state index in [0.29, 0.717) is 24.1 Å². The molecule has 3 aliphatic heterocycles. The maximum atomic E-state index is 14.5. The number of allylic oxidation sites excluding steroid dienone is 1. The molecule has 3 atom stereocenters. The van der Waals surface area contributed by atoms with Gasteiger partial charge in [0.25, 0.3) is 17.7 Å². The van der Waals surface area contributed by atoms with E-state index in [9.17, 15) is 24.0 Å². The number of hydrogen-bond acceptors (Lipinski definition) is 15. The van der Waals surface area contributed by atoms with E-state index >= 15 is 0 Å². The Morgan fingerprint density at radius 2 is 1.55 bits per heavy atom. The fraction of sp³-hybridized carbons (Fsp3) is 0.326. The normalized spacial score (nSPS) is 20.3. The Hall–Kier alpha value is -6.50. The van der Waals surface area contributed by atoms with Crippen molar-refractivity contribution in [1.82, 2.24) is 20.3 Å². The summed E-state index contributed by atoms with van der Waals surface area (Å²) in [4.78, 5) is 85.8. The molecule has 4 heterocycles. The highest BCUT2D eigenvalue weighted by molar-refractivity contribution is 8.00. The van der Waals surface area contributed by atoms with Gasteiger partial charge in [0.15, 0.2) is 10.8 Å². The number of esters is 1. The lowest BCUT2D eigenvalue weighted by Gasteiger charge is -2.49. The van der Waals surface area contributed by atoms with E-state index in [4.69, 9.17) is 29.6 Å². The van der Waals surface area contributed by atoms with Gasteiger partial charge in [-0.25, -0.2) is 19.6 Å². The number of nitrogen functional groups attached to an aromatic ring is 1. The van der Waals surface area contributed by atoms with Crippen LogP contribution < -0.4 is 11.1 Å². The standard InChI is InChI=1S/C46H46N6O10S2/c1-28(60-45(57)61-34-21-13-6-14-22-34)59-43(56)38-30(25-29-23-24-51(58-2)40(29)54)26-63-42-37(41(55)52(38)42)49-39(53)36(35-27-64-44(47)48-35)50-62-46(31-15-7-3-8-16-31,32-17-9-4-10-18-32)33-19-11-5-12-20-33/h3-5,7-12,15-20,25,27-28,34,37,42H,6,13-14,21-24,26H2,1-2H3,(H2,47,48)(H,49,53). The molecule has 3 fully saturated rings. The highest BCUT2D eigenvalue weighted by atomic mass is 32.2. The molecule has 1 saturated carbocycles. The predicted molar refractivity (Wildman–Crippen MR) is 237 cm³/mol. The molecule has 1 aromatic heterocycles. The molecule has 0 spiro atoms. The average molecular weight is 907 g/mol. The van der Waals surface area contributed by atoms with Crippen LogP contribution in [-0.4, -0.2) is 93.7 Å². The molecule has 2 saturated heterocycles. The number of anilines is 1. The van der Waals surface area contributed by atoms with E-state index in [2.05, 4.69) is 15.5 Å². The topological polar surface area (TPSA) is 201 Å². The monoisotopic (exact) mass is 906 g/mol. The van der Waals surface area contributed by atoms with Crippen LogP contribution in [0.5, 0.6) is 0 Å². The van der Waals surface area contributed by atoms with Gasteiger partial charge in [-0.05, 0) is 43.8 Å². The number of amides is 3. The van der Waals surface area contributed by atoms with E-state index in [1.54, 1.807) is 11.5 Å². The number of rotatable bonds is 14.